The molecule has 0 aliphatic carbocycles. The van der Waals surface area contributed by atoms with E-state index in [1.807, 2.05) is 0 Å². The average Bonchev–Trinajstić information content (AvgIpc) is 2.45. The molecule has 5 nitrogen and oxygen atoms in total. The van der Waals surface area contributed by atoms with Crippen molar-refractivity contribution in [3.05, 3.63) is 47.5 Å². The van der Waals surface area contributed by atoms with Crippen LogP contribution in [0.5, 0.6) is 0 Å². The molecule has 1 atom stereocenters. The molecule has 0 amide bonds. The van der Waals surface area contributed by atoms with Crippen LogP contribution in [0.1, 0.15) is 22.8 Å². The van der Waals surface area contributed by atoms with Crippen molar-refractivity contribution in [2.75, 3.05) is 6.61 Å². The summed E-state index contributed by atoms with van der Waals surface area (Å²) >= 11 is 0. The second-order valence-electron chi connectivity index (χ2n) is 4.56. The van der Waals surface area contributed by atoms with Gasteiger partial charge >= 0.3 is 19.2 Å². The number of rotatable bonds is 5. The summed E-state index contributed by atoms with van der Waals surface area (Å²) in [7, 11) is -5.15. The van der Waals surface area contributed by atoms with Gasteiger partial charge in [-0.1, -0.05) is 18.2 Å². The number of benzene rings is 2. The van der Waals surface area contributed by atoms with Crippen molar-refractivity contribution in [1.29, 1.82) is 0 Å². The van der Waals surface area contributed by atoms with Gasteiger partial charge in [-0.05, 0) is 35.9 Å². The van der Waals surface area contributed by atoms with Crippen molar-refractivity contribution in [3.63, 3.8) is 0 Å². The summed E-state index contributed by atoms with van der Waals surface area (Å²) in [6.45, 7) is 1.02. The molecule has 1 unspecified atom stereocenters. The van der Waals surface area contributed by atoms with Crippen molar-refractivity contribution < 1.29 is 32.7 Å². The van der Waals surface area contributed by atoms with E-state index in [0.29, 0.717) is 10.8 Å². The lowest BCUT2D eigenvalue weighted by Gasteiger charge is -2.22. The van der Waals surface area contributed by atoms with E-state index in [-0.39, 0.29) is 12.2 Å². The zero-order chi connectivity index (χ0) is 16.5. The first-order valence-corrected chi connectivity index (χ1v) is 7.89. The average molecular weight is 330 g/mol. The van der Waals surface area contributed by atoms with Crippen molar-refractivity contribution in [1.82, 2.24) is 0 Å². The van der Waals surface area contributed by atoms with Crippen LogP contribution in [0.25, 0.3) is 10.8 Å². The van der Waals surface area contributed by atoms with Crippen LogP contribution in [-0.4, -0.2) is 22.6 Å². The molecule has 0 spiro atoms. The van der Waals surface area contributed by atoms with Gasteiger partial charge in [-0.2, -0.15) is 8.78 Å². The first-order chi connectivity index (χ1) is 10.2. The smallest absolute Gasteiger partial charge is 0.401 e. The number of alkyl halides is 2. The molecular weight excluding hydrogens is 317 g/mol. The van der Waals surface area contributed by atoms with Gasteiger partial charge in [0, 0.05) is 5.56 Å². The van der Waals surface area contributed by atoms with E-state index >= 15 is 0 Å². The summed E-state index contributed by atoms with van der Waals surface area (Å²) in [5.41, 5.74) is -4.70. The van der Waals surface area contributed by atoms with Crippen LogP contribution in [0.15, 0.2) is 36.4 Å². The molecule has 0 fully saturated rings. The van der Waals surface area contributed by atoms with Gasteiger partial charge < -0.3 is 14.5 Å². The summed E-state index contributed by atoms with van der Waals surface area (Å²) in [4.78, 5) is 20.3. The number of carboxylic acids is 1. The minimum atomic E-state index is -5.15. The number of fused-ring (bicyclic) bond motifs is 1. The van der Waals surface area contributed by atoms with Gasteiger partial charge in [0.15, 0.2) is 0 Å². The predicted octanol–water partition coefficient (Wildman–Crippen LogP) is 3.81. The summed E-state index contributed by atoms with van der Waals surface area (Å²) in [6, 6.07) is 7.27. The molecule has 118 valence electrons. The van der Waals surface area contributed by atoms with Crippen LogP contribution in [0, 0.1) is 0 Å². The zero-order valence-corrected chi connectivity index (χ0v) is 12.4. The maximum Gasteiger partial charge on any atom is 0.401 e. The third-order valence-electron chi connectivity index (χ3n) is 3.09. The first-order valence-electron chi connectivity index (χ1n) is 6.32. The molecule has 2 aromatic rings. The fourth-order valence-electron chi connectivity index (χ4n) is 1.99. The minimum Gasteiger partial charge on any atom is -0.478 e. The predicted molar refractivity (Wildman–Crippen MR) is 76.3 cm³/mol. The Labute approximate surface area is 124 Å². The van der Waals surface area contributed by atoms with Crippen molar-refractivity contribution in [2.24, 2.45) is 0 Å². The van der Waals surface area contributed by atoms with Crippen LogP contribution >= 0.6 is 7.60 Å². The third kappa shape index (κ3) is 2.88. The Hall–Kier alpha value is -1.82. The monoisotopic (exact) mass is 330 g/mol. The Balaban J connectivity index is 2.51. The van der Waals surface area contributed by atoms with E-state index in [2.05, 4.69) is 4.52 Å². The quantitative estimate of drug-likeness (QED) is 0.815. The van der Waals surface area contributed by atoms with E-state index in [4.69, 9.17) is 5.11 Å². The van der Waals surface area contributed by atoms with Gasteiger partial charge in [-0.3, -0.25) is 4.57 Å². The first kappa shape index (κ1) is 16.5. The number of aromatic carboxylic acids is 1. The molecule has 0 aliphatic rings. The van der Waals surface area contributed by atoms with Crippen LogP contribution in [0.2, 0.25) is 0 Å². The van der Waals surface area contributed by atoms with Gasteiger partial charge in [-0.25, -0.2) is 4.79 Å². The highest BCUT2D eigenvalue weighted by Crippen LogP contribution is 2.63. The molecule has 0 aliphatic heterocycles. The summed E-state index contributed by atoms with van der Waals surface area (Å²) < 4.78 is 44.2. The van der Waals surface area contributed by atoms with Crippen molar-refractivity contribution >= 4 is 24.3 Å². The van der Waals surface area contributed by atoms with Crippen LogP contribution < -0.4 is 0 Å². The lowest BCUT2D eigenvalue weighted by molar-refractivity contribution is 0.0467. The zero-order valence-electron chi connectivity index (χ0n) is 11.5. The highest BCUT2D eigenvalue weighted by atomic mass is 31.2. The Morgan fingerprint density at radius 1 is 1.23 bits per heavy atom. The molecule has 0 aromatic heterocycles. The lowest BCUT2D eigenvalue weighted by atomic mass is 10.0. The van der Waals surface area contributed by atoms with Crippen LogP contribution in [-0.2, 0) is 14.8 Å². The number of hydrogen-bond donors (Lipinski definition) is 2. The van der Waals surface area contributed by atoms with Crippen LogP contribution in [0.3, 0.4) is 0 Å². The molecule has 2 aromatic carbocycles. The topological polar surface area (TPSA) is 83.8 Å². The summed E-state index contributed by atoms with van der Waals surface area (Å²) in [6.07, 6.45) is 0. The van der Waals surface area contributed by atoms with Crippen molar-refractivity contribution in [3.8, 4) is 0 Å². The van der Waals surface area contributed by atoms with Gasteiger partial charge in [0.1, 0.15) is 0 Å². The molecule has 0 radical (unpaired) electrons. The lowest BCUT2D eigenvalue weighted by Crippen LogP contribution is -2.15. The summed E-state index contributed by atoms with van der Waals surface area (Å²) in [5, 5.41) is 9.65. The molecule has 8 heteroatoms. The minimum absolute atomic E-state index is 0.0224. The highest BCUT2D eigenvalue weighted by molar-refractivity contribution is 7.53. The fourth-order valence-corrected chi connectivity index (χ4v) is 2.96. The maximum absolute atomic E-state index is 14.1. The Bertz CT molecular complexity index is 775. The number of hydrogen-bond acceptors (Lipinski definition) is 3. The highest BCUT2D eigenvalue weighted by Gasteiger charge is 2.52. The van der Waals surface area contributed by atoms with Crippen molar-refractivity contribution in [2.45, 2.75) is 12.6 Å². The number of halogens is 2. The molecule has 0 saturated carbocycles. The molecule has 0 saturated heterocycles. The number of carboxylic acid groups (broad SMARTS) is 1. The maximum atomic E-state index is 14.1. The van der Waals surface area contributed by atoms with Gasteiger partial charge in [0.05, 0.1) is 12.2 Å². The largest absolute Gasteiger partial charge is 0.478 e. The van der Waals surface area contributed by atoms with E-state index in [9.17, 15) is 23.0 Å². The van der Waals surface area contributed by atoms with Gasteiger partial charge in [-0.15, -0.1) is 0 Å². The molecule has 0 bridgehead atoms. The Morgan fingerprint density at radius 3 is 2.41 bits per heavy atom. The number of carbonyl (C=O) groups is 1. The Kier molecular flexibility index (Phi) is 4.33. The molecule has 2 N–H and O–H groups in total. The van der Waals surface area contributed by atoms with Gasteiger partial charge in [0.25, 0.3) is 0 Å². The molecule has 22 heavy (non-hydrogen) atoms. The van der Waals surface area contributed by atoms with Gasteiger partial charge in [0.2, 0.25) is 0 Å². The second kappa shape index (κ2) is 5.76. The van der Waals surface area contributed by atoms with E-state index in [1.54, 1.807) is 0 Å². The molecule has 2 rings (SSSR count). The standard InChI is InChI=1S/C14H13F2O5P/c1-2-21-22(19,20)14(15,16)12-6-5-9-7-11(13(17)18)4-3-10(9)8-12/h3-8H,2H2,1H3,(H,17,18)(H,19,20). The molecule has 0 heterocycles. The van der Waals surface area contributed by atoms with E-state index in [0.717, 1.165) is 12.1 Å². The van der Waals surface area contributed by atoms with E-state index in [1.165, 1.54) is 31.2 Å². The normalized spacial score (nSPS) is 14.7. The Morgan fingerprint density at radius 2 is 1.82 bits per heavy atom. The second-order valence-corrected chi connectivity index (χ2v) is 6.42. The summed E-state index contributed by atoms with van der Waals surface area (Å²) in [5.74, 6) is -1.13. The van der Waals surface area contributed by atoms with Crippen LogP contribution in [0.4, 0.5) is 8.78 Å². The third-order valence-corrected chi connectivity index (χ3v) is 4.67. The molecular formula is C14H13F2O5P. The fraction of sp³-hybridized carbons (Fsp3) is 0.214. The van der Waals surface area contributed by atoms with E-state index < -0.39 is 24.8 Å². The SMILES string of the molecule is CCOP(=O)(O)C(F)(F)c1ccc2cc(C(=O)O)ccc2c1.